The van der Waals surface area contributed by atoms with Gasteiger partial charge in [0.05, 0.1) is 6.61 Å². The molecule has 0 radical (unpaired) electrons. The number of halogens is 1. The molecule has 0 spiro atoms. The lowest BCUT2D eigenvalue weighted by molar-refractivity contribution is -0.132. The van der Waals surface area contributed by atoms with Crippen LogP contribution in [0.5, 0.6) is 0 Å². The number of piperidine rings is 1. The SMILES string of the molecule is O=C(CCCl)N1CC[C@H]2COC[C@H]2C1. The first-order valence-corrected chi connectivity index (χ1v) is 5.76. The van der Waals surface area contributed by atoms with Gasteiger partial charge in [-0.05, 0) is 12.3 Å². The minimum atomic E-state index is 0.199. The quantitative estimate of drug-likeness (QED) is 0.649. The molecule has 2 aliphatic rings. The molecule has 0 saturated carbocycles. The maximum Gasteiger partial charge on any atom is 0.223 e. The van der Waals surface area contributed by atoms with E-state index in [1.807, 2.05) is 4.90 Å². The van der Waals surface area contributed by atoms with Crippen molar-refractivity contribution in [1.29, 1.82) is 0 Å². The van der Waals surface area contributed by atoms with Gasteiger partial charge in [-0.3, -0.25) is 4.79 Å². The van der Waals surface area contributed by atoms with E-state index in [4.69, 9.17) is 16.3 Å². The van der Waals surface area contributed by atoms with E-state index in [1.54, 1.807) is 0 Å². The van der Waals surface area contributed by atoms with Gasteiger partial charge < -0.3 is 9.64 Å². The van der Waals surface area contributed by atoms with Crippen molar-refractivity contribution in [3.05, 3.63) is 0 Å². The van der Waals surface area contributed by atoms with Crippen molar-refractivity contribution in [1.82, 2.24) is 4.90 Å². The Morgan fingerprint density at radius 2 is 2.21 bits per heavy atom. The van der Waals surface area contributed by atoms with Gasteiger partial charge >= 0.3 is 0 Å². The van der Waals surface area contributed by atoms with Gasteiger partial charge in [0.2, 0.25) is 5.91 Å². The maximum absolute atomic E-state index is 11.6. The minimum absolute atomic E-state index is 0.199. The van der Waals surface area contributed by atoms with E-state index in [0.29, 0.717) is 24.1 Å². The van der Waals surface area contributed by atoms with Gasteiger partial charge in [0, 0.05) is 37.9 Å². The largest absolute Gasteiger partial charge is 0.381 e. The number of carbonyl (C=O) groups is 1. The van der Waals surface area contributed by atoms with Crippen LogP contribution in [0.2, 0.25) is 0 Å². The van der Waals surface area contributed by atoms with Gasteiger partial charge in [-0.25, -0.2) is 0 Å². The van der Waals surface area contributed by atoms with Crippen molar-refractivity contribution >= 4 is 17.5 Å². The molecule has 0 aromatic heterocycles. The Bertz CT molecular complexity index is 222. The van der Waals surface area contributed by atoms with Crippen LogP contribution >= 0.6 is 11.6 Å². The molecule has 4 heteroatoms. The lowest BCUT2D eigenvalue weighted by atomic mass is 9.88. The highest BCUT2D eigenvalue weighted by molar-refractivity contribution is 6.18. The Morgan fingerprint density at radius 1 is 1.43 bits per heavy atom. The van der Waals surface area contributed by atoms with Crippen LogP contribution in [0.1, 0.15) is 12.8 Å². The number of hydrogen-bond donors (Lipinski definition) is 0. The molecule has 0 aromatic carbocycles. The second-order valence-corrected chi connectivity index (χ2v) is 4.50. The summed E-state index contributed by atoms with van der Waals surface area (Å²) in [5.41, 5.74) is 0. The highest BCUT2D eigenvalue weighted by atomic mass is 35.5. The molecule has 0 aliphatic carbocycles. The van der Waals surface area contributed by atoms with Crippen molar-refractivity contribution in [3.8, 4) is 0 Å². The zero-order valence-corrected chi connectivity index (χ0v) is 9.00. The van der Waals surface area contributed by atoms with Crippen LogP contribution in [0.15, 0.2) is 0 Å². The molecule has 0 bridgehead atoms. The van der Waals surface area contributed by atoms with Crippen molar-refractivity contribution < 1.29 is 9.53 Å². The van der Waals surface area contributed by atoms with Gasteiger partial charge in [0.25, 0.3) is 0 Å². The zero-order valence-electron chi connectivity index (χ0n) is 8.25. The third kappa shape index (κ3) is 2.04. The number of fused-ring (bicyclic) bond motifs is 1. The molecule has 2 rings (SSSR count). The lowest BCUT2D eigenvalue weighted by Crippen LogP contribution is -2.43. The first kappa shape index (κ1) is 10.2. The summed E-state index contributed by atoms with van der Waals surface area (Å²) in [6, 6.07) is 0. The van der Waals surface area contributed by atoms with Crippen molar-refractivity contribution in [2.45, 2.75) is 12.8 Å². The molecule has 0 unspecified atom stereocenters. The number of amides is 1. The molecule has 2 aliphatic heterocycles. The van der Waals surface area contributed by atoms with Gasteiger partial charge in [0.1, 0.15) is 0 Å². The summed E-state index contributed by atoms with van der Waals surface area (Å²) in [5.74, 6) is 1.89. The van der Waals surface area contributed by atoms with Gasteiger partial charge in [-0.2, -0.15) is 0 Å². The normalized spacial score (nSPS) is 31.6. The molecular weight excluding hydrogens is 202 g/mol. The second kappa shape index (κ2) is 4.49. The lowest BCUT2D eigenvalue weighted by Gasteiger charge is -2.33. The molecule has 14 heavy (non-hydrogen) atoms. The highest BCUT2D eigenvalue weighted by Crippen LogP contribution is 2.29. The predicted molar refractivity (Wildman–Crippen MR) is 54.3 cm³/mol. The van der Waals surface area contributed by atoms with Crippen LogP contribution in [0, 0.1) is 11.8 Å². The third-order valence-corrected chi connectivity index (χ3v) is 3.41. The maximum atomic E-state index is 11.6. The van der Waals surface area contributed by atoms with E-state index in [1.165, 1.54) is 0 Å². The number of carbonyl (C=O) groups excluding carboxylic acids is 1. The first-order chi connectivity index (χ1) is 6.81. The fourth-order valence-electron chi connectivity index (χ4n) is 2.33. The monoisotopic (exact) mass is 217 g/mol. The van der Waals surface area contributed by atoms with E-state index < -0.39 is 0 Å². The van der Waals surface area contributed by atoms with Crippen LogP contribution in [-0.4, -0.2) is 43.0 Å². The summed E-state index contributed by atoms with van der Waals surface area (Å²) in [5, 5.41) is 0. The van der Waals surface area contributed by atoms with E-state index >= 15 is 0 Å². The van der Waals surface area contributed by atoms with E-state index in [9.17, 15) is 4.79 Å². The van der Waals surface area contributed by atoms with Gasteiger partial charge in [-0.15, -0.1) is 11.6 Å². The zero-order chi connectivity index (χ0) is 9.97. The summed E-state index contributed by atoms with van der Waals surface area (Å²) >= 11 is 5.55. The summed E-state index contributed by atoms with van der Waals surface area (Å²) in [7, 11) is 0. The molecule has 2 fully saturated rings. The molecule has 2 saturated heterocycles. The van der Waals surface area contributed by atoms with Crippen LogP contribution in [0.3, 0.4) is 0 Å². The van der Waals surface area contributed by atoms with Gasteiger partial charge in [0.15, 0.2) is 0 Å². The van der Waals surface area contributed by atoms with Crippen molar-refractivity contribution in [3.63, 3.8) is 0 Å². The Morgan fingerprint density at radius 3 is 3.00 bits per heavy atom. The fourth-order valence-corrected chi connectivity index (χ4v) is 2.49. The third-order valence-electron chi connectivity index (χ3n) is 3.22. The molecule has 0 N–H and O–H groups in total. The summed E-state index contributed by atoms with van der Waals surface area (Å²) in [4.78, 5) is 13.5. The second-order valence-electron chi connectivity index (χ2n) is 4.13. The number of likely N-dealkylation sites (tertiary alicyclic amines) is 1. The van der Waals surface area contributed by atoms with Crippen LogP contribution in [0.25, 0.3) is 0 Å². The van der Waals surface area contributed by atoms with Crippen molar-refractivity contribution in [2.75, 3.05) is 32.2 Å². The smallest absolute Gasteiger partial charge is 0.223 e. The molecule has 2 atom stereocenters. The number of rotatable bonds is 2. The number of hydrogen-bond acceptors (Lipinski definition) is 2. The Kier molecular flexibility index (Phi) is 3.29. The molecule has 2 heterocycles. The van der Waals surface area contributed by atoms with E-state index in [0.717, 1.165) is 32.7 Å². The highest BCUT2D eigenvalue weighted by Gasteiger charge is 2.34. The fraction of sp³-hybridized carbons (Fsp3) is 0.900. The minimum Gasteiger partial charge on any atom is -0.381 e. The molecular formula is C10H16ClNO2. The standard InChI is InChI=1S/C10H16ClNO2/c11-3-1-10(13)12-4-2-8-6-14-7-9(8)5-12/h8-9H,1-7H2/t8-,9+/m0/s1. The molecule has 1 amide bonds. The average molecular weight is 218 g/mol. The van der Waals surface area contributed by atoms with E-state index in [2.05, 4.69) is 0 Å². The average Bonchev–Trinajstić information content (AvgIpc) is 2.64. The van der Waals surface area contributed by atoms with Crippen LogP contribution in [-0.2, 0) is 9.53 Å². The summed E-state index contributed by atoms with van der Waals surface area (Å²) in [6.07, 6.45) is 1.57. The Balaban J connectivity index is 1.87. The van der Waals surface area contributed by atoms with Crippen molar-refractivity contribution in [2.24, 2.45) is 11.8 Å². The molecule has 3 nitrogen and oxygen atoms in total. The van der Waals surface area contributed by atoms with Gasteiger partial charge in [-0.1, -0.05) is 0 Å². The topological polar surface area (TPSA) is 29.5 Å². The first-order valence-electron chi connectivity index (χ1n) is 5.22. The number of ether oxygens (including phenoxy) is 1. The molecule has 0 aromatic rings. The van der Waals surface area contributed by atoms with Crippen LogP contribution in [0.4, 0.5) is 0 Å². The summed E-state index contributed by atoms with van der Waals surface area (Å²) < 4.78 is 5.42. The summed E-state index contributed by atoms with van der Waals surface area (Å²) in [6.45, 7) is 3.48. The molecule has 80 valence electrons. The van der Waals surface area contributed by atoms with Crippen LogP contribution < -0.4 is 0 Å². The Labute approximate surface area is 89.4 Å². The predicted octanol–water partition coefficient (Wildman–Crippen LogP) is 1.11. The number of alkyl halides is 1. The Hall–Kier alpha value is -0.280. The number of nitrogens with zero attached hydrogens (tertiary/aromatic N) is 1. The van der Waals surface area contributed by atoms with E-state index in [-0.39, 0.29) is 5.91 Å².